The molecule has 2 N–H and O–H groups in total. The normalized spacial score (nSPS) is 46.2. The van der Waals surface area contributed by atoms with Gasteiger partial charge in [0, 0.05) is 57.0 Å². The van der Waals surface area contributed by atoms with Crippen LogP contribution in [0.1, 0.15) is 109 Å². The van der Waals surface area contributed by atoms with E-state index in [0.717, 1.165) is 0 Å². The van der Waals surface area contributed by atoms with Gasteiger partial charge in [-0.05, 0) is 94.8 Å². The number of rotatable bonds is 11. The topological polar surface area (TPSA) is 155 Å². The molecule has 0 aromatic rings. The summed E-state index contributed by atoms with van der Waals surface area (Å²) in [6.45, 7) is 24.0. The van der Waals surface area contributed by atoms with Gasteiger partial charge in [0.15, 0.2) is 12.6 Å². The number of aliphatic hydroxyl groups is 1. The number of esters is 1. The molecule has 1 unspecified atom stereocenters. The van der Waals surface area contributed by atoms with Crippen molar-refractivity contribution in [2.45, 2.75) is 187 Å². The van der Waals surface area contributed by atoms with Gasteiger partial charge in [-0.25, -0.2) is 4.79 Å². The minimum absolute atomic E-state index is 0.0141. The van der Waals surface area contributed by atoms with Gasteiger partial charge in [0.2, 0.25) is 0 Å². The number of nitrogens with zero attached hydrogens (tertiary/aromatic N) is 2. The number of methoxy groups -OCH3 is 2. The first-order chi connectivity index (χ1) is 26.4. The van der Waals surface area contributed by atoms with Crippen molar-refractivity contribution in [2.75, 3.05) is 48.5 Å². The van der Waals surface area contributed by atoms with Crippen molar-refractivity contribution in [2.24, 2.45) is 29.6 Å². The minimum Gasteiger partial charge on any atom is -0.480 e. The summed E-state index contributed by atoms with van der Waals surface area (Å²) in [6, 6.07) is -0.223. The molecule has 0 bridgehead atoms. The molecular weight excluding hydrogens is 736 g/mol. The van der Waals surface area contributed by atoms with Crippen molar-refractivity contribution >= 4 is 11.9 Å². The Bertz CT molecular complexity index is 1290. The summed E-state index contributed by atoms with van der Waals surface area (Å²) in [7, 11) is 9.25. The zero-order valence-electron chi connectivity index (χ0n) is 38.3. The molecule has 3 aliphatic rings. The van der Waals surface area contributed by atoms with Crippen LogP contribution >= 0.6 is 0 Å². The molecule has 3 rings (SSSR count). The number of ether oxygens (including phenoxy) is 8. The summed E-state index contributed by atoms with van der Waals surface area (Å²) in [5.41, 5.74) is -2.89. The maximum atomic E-state index is 14.6. The summed E-state index contributed by atoms with van der Waals surface area (Å²) < 4.78 is 51.7. The van der Waals surface area contributed by atoms with E-state index in [1.54, 1.807) is 28.1 Å². The summed E-state index contributed by atoms with van der Waals surface area (Å²) in [5, 5.41) is 22.5. The lowest BCUT2D eigenvalue weighted by Gasteiger charge is -2.49. The van der Waals surface area contributed by atoms with E-state index in [2.05, 4.69) is 39.6 Å². The van der Waals surface area contributed by atoms with Gasteiger partial charge in [0.05, 0.1) is 41.5 Å². The second-order valence-electron chi connectivity index (χ2n) is 18.7. The molecule has 3 fully saturated rings. The monoisotopic (exact) mass is 817 g/mol. The van der Waals surface area contributed by atoms with Gasteiger partial charge >= 0.3 is 11.9 Å². The van der Waals surface area contributed by atoms with Gasteiger partial charge in [-0.15, -0.1) is 0 Å². The van der Waals surface area contributed by atoms with Crippen molar-refractivity contribution in [3.05, 3.63) is 0 Å². The van der Waals surface area contributed by atoms with Crippen molar-refractivity contribution in [1.82, 2.24) is 9.80 Å². The molecule has 0 aromatic carbocycles. The largest absolute Gasteiger partial charge is 0.480 e. The Labute approximate surface area is 343 Å². The fraction of sp³-hybridized carbons (Fsp3) is 0.953. The Morgan fingerprint density at radius 2 is 1.56 bits per heavy atom. The standard InChI is InChI=1S/C43H80N2O12/c1-18-33-43(12,51-17)28(6)30(8)45(15)22-24(2)20-41(10,49)38(57-40-37(52-23-34(46)47)32(44(13)14)19-25(3)53-40)26(4)36(27(5)39(48)55-33)56-35-21-42(11,50-16)29(7)31(9)54-35/h24-33,35-38,40,49H,18-23H2,1-17H3,(H,46,47)/t24-,25-,26+,27-,28-,29+,30-,31+,32+,33-,35+,36+,37-,38-,40?,41-,42-,43+/m1/s1. The number of carbonyl (C=O) groups is 2. The molecule has 0 aliphatic carbocycles. The number of hydrogen-bond acceptors (Lipinski definition) is 13. The molecule has 3 aliphatic heterocycles. The summed E-state index contributed by atoms with van der Waals surface area (Å²) in [5.74, 6) is -3.12. The molecule has 334 valence electrons. The van der Waals surface area contributed by atoms with Crippen LogP contribution < -0.4 is 0 Å². The Kier molecular flexibility index (Phi) is 17.9. The van der Waals surface area contributed by atoms with Gasteiger partial charge in [-0.3, -0.25) is 4.79 Å². The predicted octanol–water partition coefficient (Wildman–Crippen LogP) is 5.21. The van der Waals surface area contributed by atoms with Gasteiger partial charge in [0.1, 0.15) is 24.4 Å². The van der Waals surface area contributed by atoms with Crippen LogP contribution in [0, 0.1) is 29.6 Å². The number of carboxylic acid groups (broad SMARTS) is 1. The van der Waals surface area contributed by atoms with E-state index < -0.39 is 84.2 Å². The van der Waals surface area contributed by atoms with Crippen LogP contribution in [-0.2, 0) is 47.5 Å². The summed E-state index contributed by atoms with van der Waals surface area (Å²) in [6.07, 6.45) is -3.74. The highest BCUT2D eigenvalue weighted by Gasteiger charge is 2.52. The molecule has 0 amide bonds. The van der Waals surface area contributed by atoms with Crippen LogP contribution in [0.5, 0.6) is 0 Å². The number of carbonyl (C=O) groups excluding carboxylic acids is 1. The Morgan fingerprint density at radius 3 is 2.11 bits per heavy atom. The van der Waals surface area contributed by atoms with E-state index in [0.29, 0.717) is 32.2 Å². The van der Waals surface area contributed by atoms with Crippen LogP contribution in [0.15, 0.2) is 0 Å². The fourth-order valence-corrected chi connectivity index (χ4v) is 9.79. The zero-order valence-corrected chi connectivity index (χ0v) is 38.3. The lowest BCUT2D eigenvalue weighted by atomic mass is 9.77. The van der Waals surface area contributed by atoms with Crippen LogP contribution in [0.2, 0.25) is 0 Å². The quantitative estimate of drug-likeness (QED) is 0.262. The third kappa shape index (κ3) is 11.7. The third-order valence-electron chi connectivity index (χ3n) is 14.2. The minimum atomic E-state index is -1.50. The highest BCUT2D eigenvalue weighted by Crippen LogP contribution is 2.42. The Hall–Kier alpha value is -1.46. The van der Waals surface area contributed by atoms with Crippen LogP contribution in [-0.4, -0.2) is 159 Å². The SMILES string of the molecule is CC[C@H]1OC(=O)[C@H](C)[C@@H](O[C@H]2C[C@@](C)(OC)[C@@H](C)[C@H](C)O2)[C@H](C)[C@@H](OC2O[C@H](C)C[C@H](N(C)C)[C@H]2OCC(=O)O)[C@](C)(O)C[C@@H](C)CN(C)[C@H](C)[C@@H](C)[C@]1(C)OC. The zero-order chi connectivity index (χ0) is 43.4. The molecule has 0 radical (unpaired) electrons. The van der Waals surface area contributed by atoms with Crippen molar-refractivity contribution in [3.8, 4) is 0 Å². The third-order valence-corrected chi connectivity index (χ3v) is 14.2. The summed E-state index contributed by atoms with van der Waals surface area (Å²) >= 11 is 0. The van der Waals surface area contributed by atoms with E-state index in [1.807, 2.05) is 60.5 Å². The van der Waals surface area contributed by atoms with E-state index in [1.165, 1.54) is 0 Å². The van der Waals surface area contributed by atoms with Gasteiger partial charge in [0.25, 0.3) is 0 Å². The molecular formula is C43H80N2O12. The lowest BCUT2D eigenvalue weighted by molar-refractivity contribution is -0.317. The van der Waals surface area contributed by atoms with Crippen LogP contribution in [0.4, 0.5) is 0 Å². The van der Waals surface area contributed by atoms with Crippen molar-refractivity contribution in [1.29, 1.82) is 0 Å². The first kappa shape index (κ1) is 49.9. The van der Waals surface area contributed by atoms with E-state index in [4.69, 9.17) is 37.9 Å². The number of likely N-dealkylation sites (N-methyl/N-ethyl adjacent to an activating group) is 1. The average molecular weight is 817 g/mol. The first-order valence-corrected chi connectivity index (χ1v) is 21.2. The van der Waals surface area contributed by atoms with E-state index in [9.17, 15) is 19.8 Å². The average Bonchev–Trinajstić information content (AvgIpc) is 3.13. The van der Waals surface area contributed by atoms with Crippen LogP contribution in [0.3, 0.4) is 0 Å². The number of hydrogen-bond donors (Lipinski definition) is 2. The molecule has 14 heteroatoms. The second-order valence-corrected chi connectivity index (χ2v) is 18.7. The molecule has 3 heterocycles. The van der Waals surface area contributed by atoms with Crippen molar-refractivity contribution in [3.63, 3.8) is 0 Å². The predicted molar refractivity (Wildman–Crippen MR) is 217 cm³/mol. The first-order valence-electron chi connectivity index (χ1n) is 21.2. The van der Waals surface area contributed by atoms with Crippen LogP contribution in [0.25, 0.3) is 0 Å². The highest BCUT2D eigenvalue weighted by atomic mass is 16.7. The van der Waals surface area contributed by atoms with Gasteiger partial charge in [-0.1, -0.05) is 34.6 Å². The molecule has 0 spiro atoms. The molecule has 3 saturated heterocycles. The number of cyclic esters (lactones) is 1. The maximum absolute atomic E-state index is 14.6. The maximum Gasteiger partial charge on any atom is 0.329 e. The Morgan fingerprint density at radius 1 is 0.930 bits per heavy atom. The summed E-state index contributed by atoms with van der Waals surface area (Å²) in [4.78, 5) is 30.6. The van der Waals surface area contributed by atoms with E-state index in [-0.39, 0.29) is 42.0 Å². The van der Waals surface area contributed by atoms with E-state index >= 15 is 0 Å². The van der Waals surface area contributed by atoms with Gasteiger partial charge in [-0.2, -0.15) is 0 Å². The molecule has 0 saturated carbocycles. The van der Waals surface area contributed by atoms with Crippen molar-refractivity contribution < 1.29 is 57.7 Å². The molecule has 18 atom stereocenters. The Balaban J connectivity index is 2.24. The smallest absolute Gasteiger partial charge is 0.329 e. The van der Waals surface area contributed by atoms with Gasteiger partial charge < -0.3 is 57.9 Å². The number of aliphatic carboxylic acids is 1. The molecule has 14 nitrogen and oxygen atoms in total. The number of carboxylic acids is 1. The highest BCUT2D eigenvalue weighted by molar-refractivity contribution is 5.73. The fourth-order valence-electron chi connectivity index (χ4n) is 9.79. The molecule has 0 aromatic heterocycles. The lowest BCUT2D eigenvalue weighted by Crippen LogP contribution is -2.60. The molecule has 57 heavy (non-hydrogen) atoms. The second kappa shape index (κ2) is 20.4.